The molecule has 0 radical (unpaired) electrons. The van der Waals surface area contributed by atoms with Gasteiger partial charge in [-0.05, 0) is 19.1 Å². The van der Waals surface area contributed by atoms with Crippen molar-refractivity contribution in [3.63, 3.8) is 0 Å². The number of nitrogens with zero attached hydrogens (tertiary/aromatic N) is 1. The Bertz CT molecular complexity index is 852. The summed E-state index contributed by atoms with van der Waals surface area (Å²) in [5.41, 5.74) is -0.603. The first kappa shape index (κ1) is 16.5. The van der Waals surface area contributed by atoms with Crippen LogP contribution < -0.4 is 16.6 Å². The lowest BCUT2D eigenvalue weighted by Gasteiger charge is -2.13. The highest BCUT2D eigenvalue weighted by atomic mass is 16.4. The monoisotopic (exact) mass is 319 g/mol. The molecule has 1 aromatic heterocycles. The summed E-state index contributed by atoms with van der Waals surface area (Å²) in [7, 11) is 0. The van der Waals surface area contributed by atoms with E-state index >= 15 is 0 Å². The third-order valence-corrected chi connectivity index (χ3v) is 3.36. The standard InChI is InChI=1S/C15H17N3O5/c1-9(8-13(20)21)16-12(19)6-7-18-11-5-3-2-4-10(11)14(22)17-15(18)23/h2-5,9H,6-8H2,1H3,(H,16,19)(H,20,21)(H,17,22,23). The molecule has 0 spiro atoms. The number of carbonyl (C=O) groups is 2. The van der Waals surface area contributed by atoms with E-state index in [4.69, 9.17) is 5.11 Å². The molecule has 23 heavy (non-hydrogen) atoms. The van der Waals surface area contributed by atoms with Crippen LogP contribution in [0.25, 0.3) is 10.9 Å². The Balaban J connectivity index is 2.14. The Morgan fingerprint density at radius 2 is 2.00 bits per heavy atom. The van der Waals surface area contributed by atoms with Crippen LogP contribution in [0.5, 0.6) is 0 Å². The summed E-state index contributed by atoms with van der Waals surface area (Å²) in [4.78, 5) is 48.3. The van der Waals surface area contributed by atoms with Crippen molar-refractivity contribution in [1.82, 2.24) is 14.9 Å². The Kier molecular flexibility index (Phi) is 4.95. The number of aromatic amines is 1. The zero-order valence-corrected chi connectivity index (χ0v) is 12.5. The topological polar surface area (TPSA) is 121 Å². The van der Waals surface area contributed by atoms with Crippen LogP contribution in [0.4, 0.5) is 0 Å². The maximum absolute atomic E-state index is 11.9. The number of H-pyrrole nitrogens is 1. The van der Waals surface area contributed by atoms with Crippen molar-refractivity contribution in [2.75, 3.05) is 0 Å². The van der Waals surface area contributed by atoms with Gasteiger partial charge in [-0.25, -0.2) is 4.79 Å². The summed E-state index contributed by atoms with van der Waals surface area (Å²) in [6.07, 6.45) is -0.173. The molecule has 1 unspecified atom stereocenters. The summed E-state index contributed by atoms with van der Waals surface area (Å²) < 4.78 is 1.32. The zero-order chi connectivity index (χ0) is 17.0. The number of carboxylic acids is 1. The van der Waals surface area contributed by atoms with E-state index in [0.717, 1.165) is 0 Å². The lowest BCUT2D eigenvalue weighted by molar-refractivity contribution is -0.137. The SMILES string of the molecule is CC(CC(=O)O)NC(=O)CCn1c(=O)[nH]c(=O)c2ccccc21. The first-order chi connectivity index (χ1) is 10.9. The number of aliphatic carboxylic acids is 1. The molecule has 2 rings (SSSR count). The van der Waals surface area contributed by atoms with Crippen molar-refractivity contribution in [3.05, 3.63) is 45.1 Å². The number of aryl methyl sites for hydroxylation is 1. The molecule has 0 aliphatic rings. The molecule has 0 aliphatic heterocycles. The van der Waals surface area contributed by atoms with Crippen LogP contribution in [-0.4, -0.2) is 32.6 Å². The molecule has 8 heteroatoms. The van der Waals surface area contributed by atoms with Gasteiger partial charge in [-0.15, -0.1) is 0 Å². The summed E-state index contributed by atoms with van der Waals surface area (Å²) in [5, 5.41) is 11.6. The number of hydrogen-bond acceptors (Lipinski definition) is 4. The summed E-state index contributed by atoms with van der Waals surface area (Å²) in [6, 6.07) is 6.12. The third kappa shape index (κ3) is 4.06. The highest BCUT2D eigenvalue weighted by Gasteiger charge is 2.12. The number of amides is 1. The summed E-state index contributed by atoms with van der Waals surface area (Å²) >= 11 is 0. The molecule has 1 aromatic carbocycles. The van der Waals surface area contributed by atoms with Crippen molar-refractivity contribution in [3.8, 4) is 0 Å². The Labute approximate surface area is 130 Å². The van der Waals surface area contributed by atoms with Crippen molar-refractivity contribution < 1.29 is 14.7 Å². The summed E-state index contributed by atoms with van der Waals surface area (Å²) in [6.45, 7) is 1.68. The number of carboxylic acid groups (broad SMARTS) is 1. The largest absolute Gasteiger partial charge is 0.481 e. The van der Waals surface area contributed by atoms with E-state index in [1.807, 2.05) is 0 Å². The molecule has 8 nitrogen and oxygen atoms in total. The minimum atomic E-state index is -0.999. The first-order valence-corrected chi connectivity index (χ1v) is 7.11. The molecular formula is C15H17N3O5. The normalized spacial score (nSPS) is 12.0. The van der Waals surface area contributed by atoms with Gasteiger partial charge < -0.3 is 10.4 Å². The maximum atomic E-state index is 11.9. The van der Waals surface area contributed by atoms with E-state index in [1.54, 1.807) is 31.2 Å². The number of benzene rings is 1. The predicted molar refractivity (Wildman–Crippen MR) is 83.3 cm³/mol. The van der Waals surface area contributed by atoms with Crippen LogP contribution in [0.1, 0.15) is 19.8 Å². The molecule has 0 saturated heterocycles. The van der Waals surface area contributed by atoms with E-state index in [0.29, 0.717) is 10.9 Å². The number of para-hydroxylation sites is 1. The highest BCUT2D eigenvalue weighted by molar-refractivity contribution is 5.79. The van der Waals surface area contributed by atoms with Crippen molar-refractivity contribution in [1.29, 1.82) is 0 Å². The lowest BCUT2D eigenvalue weighted by Crippen LogP contribution is -2.36. The fourth-order valence-electron chi connectivity index (χ4n) is 2.34. The minimum absolute atomic E-state index is 0.0000954. The second-order valence-electron chi connectivity index (χ2n) is 5.24. The number of aromatic nitrogens is 2. The molecule has 2 aromatic rings. The van der Waals surface area contributed by atoms with Gasteiger partial charge in [-0.1, -0.05) is 12.1 Å². The number of hydrogen-bond donors (Lipinski definition) is 3. The average Bonchev–Trinajstić information content (AvgIpc) is 2.46. The second kappa shape index (κ2) is 6.91. The van der Waals surface area contributed by atoms with Crippen LogP contribution in [0.15, 0.2) is 33.9 Å². The van der Waals surface area contributed by atoms with Crippen LogP contribution in [0.3, 0.4) is 0 Å². The van der Waals surface area contributed by atoms with Gasteiger partial charge in [-0.3, -0.25) is 23.9 Å². The molecule has 122 valence electrons. The van der Waals surface area contributed by atoms with Crippen LogP contribution in [-0.2, 0) is 16.1 Å². The van der Waals surface area contributed by atoms with Gasteiger partial charge in [0.2, 0.25) is 5.91 Å². The maximum Gasteiger partial charge on any atom is 0.328 e. The molecule has 1 heterocycles. The first-order valence-electron chi connectivity index (χ1n) is 7.11. The molecule has 0 bridgehead atoms. The Hall–Kier alpha value is -2.90. The van der Waals surface area contributed by atoms with E-state index in [9.17, 15) is 19.2 Å². The van der Waals surface area contributed by atoms with E-state index in [2.05, 4.69) is 10.3 Å². The number of fused-ring (bicyclic) bond motifs is 1. The van der Waals surface area contributed by atoms with Crippen LogP contribution in [0, 0.1) is 0 Å². The van der Waals surface area contributed by atoms with Crippen molar-refractivity contribution in [2.45, 2.75) is 32.4 Å². The molecule has 0 aliphatic carbocycles. The smallest absolute Gasteiger partial charge is 0.328 e. The van der Waals surface area contributed by atoms with E-state index in [-0.39, 0.29) is 25.3 Å². The summed E-state index contributed by atoms with van der Waals surface area (Å²) in [5.74, 6) is -1.36. The highest BCUT2D eigenvalue weighted by Crippen LogP contribution is 2.07. The molecular weight excluding hydrogens is 302 g/mol. The van der Waals surface area contributed by atoms with Gasteiger partial charge in [0.05, 0.1) is 17.3 Å². The number of nitrogens with one attached hydrogen (secondary N) is 2. The minimum Gasteiger partial charge on any atom is -0.481 e. The van der Waals surface area contributed by atoms with Gasteiger partial charge in [-0.2, -0.15) is 0 Å². The molecule has 0 fully saturated rings. The van der Waals surface area contributed by atoms with Gasteiger partial charge >= 0.3 is 11.7 Å². The van der Waals surface area contributed by atoms with Crippen LogP contribution >= 0.6 is 0 Å². The molecule has 1 amide bonds. The second-order valence-corrected chi connectivity index (χ2v) is 5.24. The third-order valence-electron chi connectivity index (χ3n) is 3.36. The van der Waals surface area contributed by atoms with Gasteiger partial charge in [0, 0.05) is 19.0 Å². The number of carbonyl (C=O) groups excluding carboxylic acids is 1. The molecule has 3 N–H and O–H groups in total. The van der Waals surface area contributed by atoms with Gasteiger partial charge in [0.1, 0.15) is 0 Å². The van der Waals surface area contributed by atoms with E-state index in [1.165, 1.54) is 4.57 Å². The quantitative estimate of drug-likeness (QED) is 0.695. The Morgan fingerprint density at radius 1 is 1.30 bits per heavy atom. The van der Waals surface area contributed by atoms with Crippen molar-refractivity contribution >= 4 is 22.8 Å². The Morgan fingerprint density at radius 3 is 2.70 bits per heavy atom. The van der Waals surface area contributed by atoms with E-state index < -0.39 is 23.3 Å². The van der Waals surface area contributed by atoms with Crippen LogP contribution in [0.2, 0.25) is 0 Å². The number of rotatable bonds is 6. The van der Waals surface area contributed by atoms with Gasteiger partial charge in [0.15, 0.2) is 0 Å². The zero-order valence-electron chi connectivity index (χ0n) is 12.5. The molecule has 0 saturated carbocycles. The fraction of sp³-hybridized carbons (Fsp3) is 0.333. The lowest BCUT2D eigenvalue weighted by atomic mass is 10.2. The van der Waals surface area contributed by atoms with Gasteiger partial charge in [0.25, 0.3) is 5.56 Å². The predicted octanol–water partition coefficient (Wildman–Crippen LogP) is 0.0593. The van der Waals surface area contributed by atoms with Crippen molar-refractivity contribution in [2.24, 2.45) is 0 Å². The fourth-order valence-corrected chi connectivity index (χ4v) is 2.34. The average molecular weight is 319 g/mol. The molecule has 1 atom stereocenters.